The molecule has 0 aliphatic carbocycles. The van der Waals surface area contributed by atoms with Gasteiger partial charge in [0, 0.05) is 17.9 Å². The maximum Gasteiger partial charge on any atom is 0.323 e. The Morgan fingerprint density at radius 2 is 1.42 bits per heavy atom. The van der Waals surface area contributed by atoms with E-state index in [4.69, 9.17) is 10.8 Å². The van der Waals surface area contributed by atoms with Crippen molar-refractivity contribution in [3.05, 3.63) is 54.1 Å². The fourth-order valence-corrected chi connectivity index (χ4v) is 1.56. The number of carbonyl (C=O) groups is 1. The first-order chi connectivity index (χ1) is 9.17. The fourth-order valence-electron chi connectivity index (χ4n) is 1.56. The Balaban J connectivity index is 1.95. The second kappa shape index (κ2) is 5.88. The van der Waals surface area contributed by atoms with Crippen LogP contribution in [0.15, 0.2) is 48.5 Å². The highest BCUT2D eigenvalue weighted by atomic mass is 16.3. The van der Waals surface area contributed by atoms with Crippen LogP contribution in [0, 0.1) is 0 Å². The van der Waals surface area contributed by atoms with Crippen molar-refractivity contribution in [2.75, 3.05) is 10.6 Å². The van der Waals surface area contributed by atoms with Crippen LogP contribution < -0.4 is 16.4 Å². The second-order valence-corrected chi connectivity index (χ2v) is 4.03. The van der Waals surface area contributed by atoms with Gasteiger partial charge in [0.25, 0.3) is 0 Å². The molecule has 0 aliphatic heterocycles. The average molecular weight is 257 g/mol. The number of phenols is 1. The molecule has 5 N–H and O–H groups in total. The molecule has 0 atom stereocenters. The zero-order valence-corrected chi connectivity index (χ0v) is 10.3. The number of aromatic hydroxyl groups is 1. The van der Waals surface area contributed by atoms with Gasteiger partial charge in [-0.3, -0.25) is 0 Å². The standard InChI is InChI=1S/C14H15N3O2/c15-9-10-1-3-11(4-2-10)16-14(19)17-12-5-7-13(18)8-6-12/h1-8,18H,9,15H2,(H2,16,17,19). The first-order valence-corrected chi connectivity index (χ1v) is 5.83. The van der Waals surface area contributed by atoms with Crippen molar-refractivity contribution >= 4 is 17.4 Å². The van der Waals surface area contributed by atoms with Crippen molar-refractivity contribution in [1.29, 1.82) is 0 Å². The molecule has 2 amide bonds. The van der Waals surface area contributed by atoms with Crippen LogP contribution in [0.2, 0.25) is 0 Å². The molecule has 2 rings (SSSR count). The molecule has 0 aliphatic rings. The van der Waals surface area contributed by atoms with Crippen molar-refractivity contribution in [1.82, 2.24) is 0 Å². The average Bonchev–Trinajstić information content (AvgIpc) is 2.42. The zero-order chi connectivity index (χ0) is 13.7. The van der Waals surface area contributed by atoms with Crippen LogP contribution in [0.4, 0.5) is 16.2 Å². The molecule has 5 heteroatoms. The molecule has 0 unspecified atom stereocenters. The largest absolute Gasteiger partial charge is 0.508 e. The first kappa shape index (κ1) is 12.9. The summed E-state index contributed by atoms with van der Waals surface area (Å²) in [6.07, 6.45) is 0. The van der Waals surface area contributed by atoms with Crippen LogP contribution in [0.5, 0.6) is 5.75 Å². The Morgan fingerprint density at radius 3 is 1.89 bits per heavy atom. The van der Waals surface area contributed by atoms with E-state index in [-0.39, 0.29) is 11.8 Å². The van der Waals surface area contributed by atoms with E-state index in [2.05, 4.69) is 10.6 Å². The van der Waals surface area contributed by atoms with Crippen LogP contribution in [-0.4, -0.2) is 11.1 Å². The van der Waals surface area contributed by atoms with Crippen LogP contribution >= 0.6 is 0 Å². The number of anilines is 2. The molecule has 5 nitrogen and oxygen atoms in total. The number of hydrogen-bond donors (Lipinski definition) is 4. The number of hydrogen-bond acceptors (Lipinski definition) is 3. The highest BCUT2D eigenvalue weighted by Crippen LogP contribution is 2.14. The summed E-state index contributed by atoms with van der Waals surface area (Å²) in [5.41, 5.74) is 7.79. The maximum atomic E-state index is 11.7. The number of rotatable bonds is 3. The van der Waals surface area contributed by atoms with Gasteiger partial charge in [-0.2, -0.15) is 0 Å². The van der Waals surface area contributed by atoms with Gasteiger partial charge in [-0.25, -0.2) is 4.79 Å². The number of nitrogens with two attached hydrogens (primary N) is 1. The van der Waals surface area contributed by atoms with Crippen molar-refractivity contribution in [2.24, 2.45) is 5.73 Å². The summed E-state index contributed by atoms with van der Waals surface area (Å²) in [6, 6.07) is 13.2. The van der Waals surface area contributed by atoms with E-state index in [0.717, 1.165) is 5.56 Å². The van der Waals surface area contributed by atoms with Gasteiger partial charge in [0.2, 0.25) is 0 Å². The Hall–Kier alpha value is -2.53. The van der Waals surface area contributed by atoms with E-state index in [0.29, 0.717) is 17.9 Å². The first-order valence-electron chi connectivity index (χ1n) is 5.83. The molecule has 2 aromatic rings. The fraction of sp³-hybridized carbons (Fsp3) is 0.0714. The van der Waals surface area contributed by atoms with Crippen LogP contribution in [0.25, 0.3) is 0 Å². The van der Waals surface area contributed by atoms with E-state index in [1.54, 1.807) is 24.3 Å². The molecule has 19 heavy (non-hydrogen) atoms. The van der Waals surface area contributed by atoms with E-state index in [9.17, 15) is 4.79 Å². The van der Waals surface area contributed by atoms with Gasteiger partial charge in [0.15, 0.2) is 0 Å². The minimum Gasteiger partial charge on any atom is -0.508 e. The third kappa shape index (κ3) is 3.72. The molecule has 2 aromatic carbocycles. The minimum absolute atomic E-state index is 0.156. The third-order valence-corrected chi connectivity index (χ3v) is 2.57. The number of carbonyl (C=O) groups excluding carboxylic acids is 1. The molecule has 98 valence electrons. The Bertz CT molecular complexity index is 550. The molecule has 0 spiro atoms. The third-order valence-electron chi connectivity index (χ3n) is 2.57. The molecular weight excluding hydrogens is 242 g/mol. The SMILES string of the molecule is NCc1ccc(NC(=O)Nc2ccc(O)cc2)cc1. The monoisotopic (exact) mass is 257 g/mol. The summed E-state index contributed by atoms with van der Waals surface area (Å²) in [5, 5.41) is 14.5. The highest BCUT2D eigenvalue weighted by molar-refractivity contribution is 5.99. The minimum atomic E-state index is -0.341. The van der Waals surface area contributed by atoms with Gasteiger partial charge >= 0.3 is 6.03 Å². The number of amides is 2. The Morgan fingerprint density at radius 1 is 0.947 bits per heavy atom. The van der Waals surface area contributed by atoms with Crippen LogP contribution in [0.1, 0.15) is 5.56 Å². The van der Waals surface area contributed by atoms with Gasteiger partial charge in [0.1, 0.15) is 5.75 Å². The highest BCUT2D eigenvalue weighted by Gasteiger charge is 2.02. The van der Waals surface area contributed by atoms with Gasteiger partial charge < -0.3 is 21.5 Å². The van der Waals surface area contributed by atoms with Gasteiger partial charge in [-0.1, -0.05) is 12.1 Å². The zero-order valence-electron chi connectivity index (χ0n) is 10.3. The van der Waals surface area contributed by atoms with Crippen molar-refractivity contribution in [3.63, 3.8) is 0 Å². The normalized spacial score (nSPS) is 9.95. The summed E-state index contributed by atoms with van der Waals surface area (Å²) < 4.78 is 0. The summed E-state index contributed by atoms with van der Waals surface area (Å²) in [4.78, 5) is 11.7. The van der Waals surface area contributed by atoms with Crippen LogP contribution in [-0.2, 0) is 6.54 Å². The lowest BCUT2D eigenvalue weighted by molar-refractivity contribution is 0.262. The molecule has 0 bridgehead atoms. The summed E-state index contributed by atoms with van der Waals surface area (Å²) in [6.45, 7) is 0.472. The van der Waals surface area contributed by atoms with E-state index < -0.39 is 0 Å². The smallest absolute Gasteiger partial charge is 0.323 e. The summed E-state index contributed by atoms with van der Waals surface area (Å²) in [5.74, 6) is 0.156. The molecule has 0 radical (unpaired) electrons. The Kier molecular flexibility index (Phi) is 4.00. The predicted octanol–water partition coefficient (Wildman–Crippen LogP) is 2.49. The quantitative estimate of drug-likeness (QED) is 0.637. The number of benzene rings is 2. The Labute approximate surface area is 111 Å². The number of nitrogens with one attached hydrogen (secondary N) is 2. The van der Waals surface area contributed by atoms with E-state index >= 15 is 0 Å². The topological polar surface area (TPSA) is 87.4 Å². The van der Waals surface area contributed by atoms with Crippen molar-refractivity contribution in [2.45, 2.75) is 6.54 Å². The number of phenolic OH excluding ortho intramolecular Hbond substituents is 1. The van der Waals surface area contributed by atoms with E-state index in [1.165, 1.54) is 12.1 Å². The predicted molar refractivity (Wildman–Crippen MR) is 75.1 cm³/mol. The van der Waals surface area contributed by atoms with Crippen LogP contribution in [0.3, 0.4) is 0 Å². The van der Waals surface area contributed by atoms with E-state index in [1.807, 2.05) is 12.1 Å². The van der Waals surface area contributed by atoms with Crippen molar-refractivity contribution in [3.8, 4) is 5.75 Å². The second-order valence-electron chi connectivity index (χ2n) is 4.03. The molecule has 0 heterocycles. The summed E-state index contributed by atoms with van der Waals surface area (Å²) >= 11 is 0. The molecule has 0 saturated heterocycles. The lowest BCUT2D eigenvalue weighted by Crippen LogP contribution is -2.19. The summed E-state index contributed by atoms with van der Waals surface area (Å²) in [7, 11) is 0. The van der Waals surface area contributed by atoms with Crippen molar-refractivity contribution < 1.29 is 9.90 Å². The maximum absolute atomic E-state index is 11.7. The van der Waals surface area contributed by atoms with Gasteiger partial charge in [-0.15, -0.1) is 0 Å². The molecular formula is C14H15N3O2. The molecule has 0 saturated carbocycles. The molecule has 0 aromatic heterocycles. The van der Waals surface area contributed by atoms with Gasteiger partial charge in [-0.05, 0) is 42.0 Å². The number of urea groups is 1. The van der Waals surface area contributed by atoms with Gasteiger partial charge in [0.05, 0.1) is 0 Å². The lowest BCUT2D eigenvalue weighted by Gasteiger charge is -2.08. The molecule has 0 fully saturated rings. The lowest BCUT2D eigenvalue weighted by atomic mass is 10.2.